The number of benzene rings is 1. The molecule has 1 N–H and O–H groups in total. The maximum Gasteiger partial charge on any atom is 0.255 e. The number of sulfonamides is 1. The number of carbonyl (C=O) groups excluding carboxylic acids is 1. The molecule has 0 aliphatic carbocycles. The molecule has 0 aliphatic heterocycles. The molecule has 0 aliphatic rings. The third kappa shape index (κ3) is 4.67. The summed E-state index contributed by atoms with van der Waals surface area (Å²) in [6, 6.07) is 10.5. The van der Waals surface area contributed by atoms with Crippen LogP contribution in [0.2, 0.25) is 0 Å². The second-order valence-corrected chi connectivity index (χ2v) is 9.56. The van der Waals surface area contributed by atoms with Gasteiger partial charge < -0.3 is 9.72 Å². The highest BCUT2D eigenvalue weighted by Crippen LogP contribution is 2.22. The molecule has 4 aromatic rings. The molecular formula is C23H26N6O3S. The zero-order chi connectivity index (χ0) is 23.6. The van der Waals surface area contributed by atoms with Gasteiger partial charge in [-0.2, -0.15) is 9.40 Å². The zero-order valence-electron chi connectivity index (χ0n) is 18.8. The number of carbonyl (C=O) groups is 1. The van der Waals surface area contributed by atoms with E-state index in [0.717, 1.165) is 11.3 Å². The van der Waals surface area contributed by atoms with Gasteiger partial charge in [-0.3, -0.25) is 9.48 Å². The minimum absolute atomic E-state index is 0.140. The van der Waals surface area contributed by atoms with Crippen LogP contribution in [0.5, 0.6) is 0 Å². The molecule has 3 aromatic heterocycles. The minimum atomic E-state index is -3.67. The van der Waals surface area contributed by atoms with Gasteiger partial charge in [-0.05, 0) is 36.8 Å². The number of amides is 1. The highest BCUT2D eigenvalue weighted by Gasteiger charge is 2.24. The van der Waals surface area contributed by atoms with Gasteiger partial charge in [-0.25, -0.2) is 13.4 Å². The van der Waals surface area contributed by atoms with E-state index in [-0.39, 0.29) is 10.5 Å². The summed E-state index contributed by atoms with van der Waals surface area (Å²) in [6.45, 7) is 6.48. The lowest BCUT2D eigenvalue weighted by Gasteiger charge is -2.20. The first-order valence-electron chi connectivity index (χ1n) is 10.7. The summed E-state index contributed by atoms with van der Waals surface area (Å²) in [7, 11) is -3.67. The molecule has 172 valence electrons. The van der Waals surface area contributed by atoms with Gasteiger partial charge in [0.15, 0.2) is 0 Å². The fraction of sp³-hybridized carbons (Fsp3) is 0.261. The number of aryl methyl sites for hydroxylation is 1. The Morgan fingerprint density at radius 1 is 1.12 bits per heavy atom. The van der Waals surface area contributed by atoms with E-state index in [4.69, 9.17) is 0 Å². The van der Waals surface area contributed by atoms with Crippen molar-refractivity contribution in [2.75, 3.05) is 18.4 Å². The zero-order valence-corrected chi connectivity index (χ0v) is 19.6. The van der Waals surface area contributed by atoms with Crippen LogP contribution >= 0.6 is 0 Å². The number of nitrogens with zero attached hydrogens (tertiary/aromatic N) is 5. The van der Waals surface area contributed by atoms with E-state index in [1.54, 1.807) is 50.0 Å². The van der Waals surface area contributed by atoms with Crippen LogP contribution in [0.15, 0.2) is 66.1 Å². The summed E-state index contributed by atoms with van der Waals surface area (Å²) in [5.41, 5.74) is 3.06. The van der Waals surface area contributed by atoms with Gasteiger partial charge in [0.25, 0.3) is 5.91 Å². The SMILES string of the molecule is CCN(CC)S(=O)(=O)c1cc(C(=O)Nc2cnn(Cc3cn4ccccc4n3)c2)ccc1C. The van der Waals surface area contributed by atoms with Crippen molar-refractivity contribution in [1.82, 2.24) is 23.5 Å². The van der Waals surface area contributed by atoms with E-state index in [1.807, 2.05) is 35.0 Å². The molecule has 0 radical (unpaired) electrons. The Balaban J connectivity index is 1.50. The molecule has 33 heavy (non-hydrogen) atoms. The summed E-state index contributed by atoms with van der Waals surface area (Å²) < 4.78 is 30.9. The number of rotatable bonds is 8. The topological polar surface area (TPSA) is 102 Å². The van der Waals surface area contributed by atoms with Gasteiger partial charge in [0.1, 0.15) is 5.65 Å². The van der Waals surface area contributed by atoms with Gasteiger partial charge >= 0.3 is 0 Å². The Morgan fingerprint density at radius 3 is 2.64 bits per heavy atom. The standard InChI is InChI=1S/C23H26N6O3S/c1-4-29(5-2)33(31,32)21-12-18(10-9-17(21)3)23(30)26-19-13-24-28(15-19)16-20-14-27-11-7-6-8-22(27)25-20/h6-15H,4-5,16H2,1-3H3,(H,26,30). The van der Waals surface area contributed by atoms with Crippen LogP contribution in [0, 0.1) is 6.92 Å². The monoisotopic (exact) mass is 466 g/mol. The first kappa shape index (κ1) is 22.7. The molecule has 0 saturated heterocycles. The van der Waals surface area contributed by atoms with Gasteiger partial charge in [0.2, 0.25) is 10.0 Å². The number of anilines is 1. The van der Waals surface area contributed by atoms with Gasteiger partial charge in [-0.1, -0.05) is 26.0 Å². The van der Waals surface area contributed by atoms with Crippen LogP contribution in [0.4, 0.5) is 5.69 Å². The summed E-state index contributed by atoms with van der Waals surface area (Å²) in [5.74, 6) is -0.404. The Kier molecular flexibility index (Phi) is 6.30. The molecule has 0 spiro atoms. The maximum atomic E-state index is 13.0. The smallest absolute Gasteiger partial charge is 0.255 e. The van der Waals surface area contributed by atoms with Gasteiger partial charge in [-0.15, -0.1) is 0 Å². The number of fused-ring (bicyclic) bond motifs is 1. The summed E-state index contributed by atoms with van der Waals surface area (Å²) in [5, 5.41) is 7.08. The van der Waals surface area contributed by atoms with Crippen LogP contribution in [-0.2, 0) is 16.6 Å². The summed E-state index contributed by atoms with van der Waals surface area (Å²) in [6.07, 6.45) is 7.12. The van der Waals surface area contributed by atoms with Crippen LogP contribution in [0.3, 0.4) is 0 Å². The summed E-state index contributed by atoms with van der Waals surface area (Å²) >= 11 is 0. The van der Waals surface area contributed by atoms with Crippen molar-refractivity contribution in [1.29, 1.82) is 0 Å². The van der Waals surface area contributed by atoms with E-state index < -0.39 is 15.9 Å². The average molecular weight is 467 g/mol. The number of imidazole rings is 1. The summed E-state index contributed by atoms with van der Waals surface area (Å²) in [4.78, 5) is 17.5. The third-order valence-electron chi connectivity index (χ3n) is 5.40. The van der Waals surface area contributed by atoms with Crippen molar-refractivity contribution in [2.24, 2.45) is 0 Å². The van der Waals surface area contributed by atoms with E-state index in [0.29, 0.717) is 30.9 Å². The van der Waals surface area contributed by atoms with Gasteiger partial charge in [0.05, 0.1) is 29.0 Å². The fourth-order valence-corrected chi connectivity index (χ4v) is 5.38. The predicted octanol–water partition coefficient (Wildman–Crippen LogP) is 3.17. The van der Waals surface area contributed by atoms with Crippen molar-refractivity contribution in [3.8, 4) is 0 Å². The first-order chi connectivity index (χ1) is 15.8. The van der Waals surface area contributed by atoms with Crippen molar-refractivity contribution in [2.45, 2.75) is 32.2 Å². The Hall–Kier alpha value is -3.50. The molecule has 0 bridgehead atoms. The highest BCUT2D eigenvalue weighted by atomic mass is 32.2. The Labute approximate surface area is 192 Å². The number of hydrogen-bond acceptors (Lipinski definition) is 5. The quantitative estimate of drug-likeness (QED) is 0.430. The first-order valence-corrected chi connectivity index (χ1v) is 12.1. The Morgan fingerprint density at radius 2 is 1.91 bits per heavy atom. The van der Waals surface area contributed by atoms with E-state index in [1.165, 1.54) is 10.4 Å². The molecule has 1 aromatic carbocycles. The Bertz CT molecular complexity index is 1370. The number of aromatic nitrogens is 4. The molecular weight excluding hydrogens is 440 g/mol. The molecule has 0 atom stereocenters. The van der Waals surface area contributed by atoms with Gasteiger partial charge in [0, 0.05) is 37.2 Å². The number of hydrogen-bond donors (Lipinski definition) is 1. The van der Waals surface area contributed by atoms with Crippen LogP contribution in [-0.4, -0.2) is 50.9 Å². The lowest BCUT2D eigenvalue weighted by atomic mass is 10.1. The molecule has 0 fully saturated rings. The second-order valence-electron chi connectivity index (χ2n) is 7.65. The van der Waals surface area contributed by atoms with Crippen molar-refractivity contribution < 1.29 is 13.2 Å². The molecule has 1 amide bonds. The molecule has 9 nitrogen and oxygen atoms in total. The lowest BCUT2D eigenvalue weighted by molar-refractivity contribution is 0.102. The predicted molar refractivity (Wildman–Crippen MR) is 126 cm³/mol. The fourth-order valence-electron chi connectivity index (χ4n) is 3.67. The third-order valence-corrected chi connectivity index (χ3v) is 7.59. The van der Waals surface area contributed by atoms with Crippen molar-refractivity contribution >= 4 is 27.3 Å². The maximum absolute atomic E-state index is 13.0. The lowest BCUT2D eigenvalue weighted by Crippen LogP contribution is -2.31. The number of nitrogens with one attached hydrogen (secondary N) is 1. The number of pyridine rings is 1. The second kappa shape index (κ2) is 9.16. The normalized spacial score (nSPS) is 11.9. The minimum Gasteiger partial charge on any atom is -0.319 e. The molecule has 4 rings (SSSR count). The average Bonchev–Trinajstić information content (AvgIpc) is 3.40. The van der Waals surface area contributed by atoms with E-state index >= 15 is 0 Å². The molecule has 10 heteroatoms. The van der Waals surface area contributed by atoms with E-state index in [9.17, 15) is 13.2 Å². The largest absolute Gasteiger partial charge is 0.319 e. The van der Waals surface area contributed by atoms with Crippen LogP contribution in [0.1, 0.15) is 35.5 Å². The van der Waals surface area contributed by atoms with Crippen molar-refractivity contribution in [3.63, 3.8) is 0 Å². The van der Waals surface area contributed by atoms with E-state index in [2.05, 4.69) is 15.4 Å². The molecule has 0 saturated carbocycles. The van der Waals surface area contributed by atoms with Crippen molar-refractivity contribution in [3.05, 3.63) is 78.0 Å². The molecule has 3 heterocycles. The molecule has 0 unspecified atom stereocenters. The highest BCUT2D eigenvalue weighted by molar-refractivity contribution is 7.89. The van der Waals surface area contributed by atoms with Crippen LogP contribution in [0.25, 0.3) is 5.65 Å². The van der Waals surface area contributed by atoms with Crippen LogP contribution < -0.4 is 5.32 Å².